The SMILES string of the molecule is COc1cccc(CNc2cccc(C(=O)O)c2)c1OCc1ccc(Cl)cc1Cl. The highest BCUT2D eigenvalue weighted by Crippen LogP contribution is 2.33. The largest absolute Gasteiger partial charge is 0.493 e. The lowest BCUT2D eigenvalue weighted by atomic mass is 10.1. The van der Waals surface area contributed by atoms with Gasteiger partial charge in [-0.1, -0.05) is 47.5 Å². The smallest absolute Gasteiger partial charge is 0.335 e. The van der Waals surface area contributed by atoms with Gasteiger partial charge in [0.1, 0.15) is 6.61 Å². The lowest BCUT2D eigenvalue weighted by Gasteiger charge is -2.16. The number of nitrogens with one attached hydrogen (secondary N) is 1. The molecule has 0 saturated heterocycles. The Kier molecular flexibility index (Phi) is 6.86. The zero-order chi connectivity index (χ0) is 20.8. The maximum Gasteiger partial charge on any atom is 0.335 e. The van der Waals surface area contributed by atoms with Crippen LogP contribution in [-0.2, 0) is 13.2 Å². The van der Waals surface area contributed by atoms with Crippen molar-refractivity contribution in [2.75, 3.05) is 12.4 Å². The highest BCUT2D eigenvalue weighted by atomic mass is 35.5. The molecule has 3 rings (SSSR count). The molecule has 0 aliphatic heterocycles. The van der Waals surface area contributed by atoms with Gasteiger partial charge in [0.05, 0.1) is 12.7 Å². The molecule has 0 atom stereocenters. The van der Waals surface area contributed by atoms with Crippen molar-refractivity contribution in [2.24, 2.45) is 0 Å². The summed E-state index contributed by atoms with van der Waals surface area (Å²) < 4.78 is 11.5. The van der Waals surface area contributed by atoms with E-state index in [1.165, 1.54) is 0 Å². The summed E-state index contributed by atoms with van der Waals surface area (Å²) in [5.41, 5.74) is 2.57. The molecule has 0 unspecified atom stereocenters. The molecule has 0 heterocycles. The Hall–Kier alpha value is -2.89. The van der Waals surface area contributed by atoms with E-state index in [9.17, 15) is 4.79 Å². The van der Waals surface area contributed by atoms with Gasteiger partial charge < -0.3 is 19.9 Å². The third-order valence-corrected chi connectivity index (χ3v) is 4.85. The van der Waals surface area contributed by atoms with Crippen LogP contribution in [0.25, 0.3) is 0 Å². The van der Waals surface area contributed by atoms with Crippen molar-refractivity contribution in [2.45, 2.75) is 13.2 Å². The quantitative estimate of drug-likeness (QED) is 0.465. The predicted molar refractivity (Wildman–Crippen MR) is 115 cm³/mol. The number of carboxylic acids is 1. The molecule has 0 fully saturated rings. The number of methoxy groups -OCH3 is 1. The molecule has 3 aromatic rings. The van der Waals surface area contributed by atoms with E-state index in [1.54, 1.807) is 43.5 Å². The third-order valence-electron chi connectivity index (χ3n) is 4.26. The van der Waals surface area contributed by atoms with Gasteiger partial charge in [0.15, 0.2) is 11.5 Å². The standard InChI is InChI=1S/C22H19Cl2NO4/c1-28-20-7-3-5-15(12-25-18-6-2-4-14(10-18)22(26)27)21(20)29-13-16-8-9-17(23)11-19(16)24/h2-11,25H,12-13H2,1H3,(H,26,27). The van der Waals surface area contributed by atoms with Gasteiger partial charge in [-0.25, -0.2) is 4.79 Å². The number of hydrogen-bond donors (Lipinski definition) is 2. The zero-order valence-corrected chi connectivity index (χ0v) is 17.1. The fraction of sp³-hybridized carbons (Fsp3) is 0.136. The van der Waals surface area contributed by atoms with Gasteiger partial charge in [0.2, 0.25) is 0 Å². The van der Waals surface area contributed by atoms with Crippen LogP contribution in [-0.4, -0.2) is 18.2 Å². The number of hydrogen-bond acceptors (Lipinski definition) is 4. The van der Waals surface area contributed by atoms with Crippen LogP contribution in [0.2, 0.25) is 10.0 Å². The summed E-state index contributed by atoms with van der Waals surface area (Å²) in [6.07, 6.45) is 0. The topological polar surface area (TPSA) is 67.8 Å². The minimum absolute atomic E-state index is 0.217. The Morgan fingerprint density at radius 2 is 1.83 bits per heavy atom. The molecular weight excluding hydrogens is 413 g/mol. The average Bonchev–Trinajstić information content (AvgIpc) is 2.72. The van der Waals surface area contributed by atoms with E-state index in [0.29, 0.717) is 33.8 Å². The van der Waals surface area contributed by atoms with Crippen LogP contribution in [0.5, 0.6) is 11.5 Å². The van der Waals surface area contributed by atoms with Gasteiger partial charge in [-0.2, -0.15) is 0 Å². The van der Waals surface area contributed by atoms with Crippen molar-refractivity contribution in [3.05, 3.63) is 87.4 Å². The van der Waals surface area contributed by atoms with Crippen molar-refractivity contribution < 1.29 is 19.4 Å². The Labute approximate surface area is 178 Å². The van der Waals surface area contributed by atoms with Crippen LogP contribution >= 0.6 is 23.2 Å². The molecule has 150 valence electrons. The van der Waals surface area contributed by atoms with Crippen LogP contribution in [0.3, 0.4) is 0 Å². The second kappa shape index (κ2) is 9.54. The third kappa shape index (κ3) is 5.34. The van der Waals surface area contributed by atoms with Crippen molar-refractivity contribution in [1.29, 1.82) is 0 Å². The summed E-state index contributed by atoms with van der Waals surface area (Å²) in [4.78, 5) is 11.2. The molecule has 29 heavy (non-hydrogen) atoms. The zero-order valence-electron chi connectivity index (χ0n) is 15.6. The van der Waals surface area contributed by atoms with Crippen molar-refractivity contribution in [3.8, 4) is 11.5 Å². The van der Waals surface area contributed by atoms with Crippen LogP contribution < -0.4 is 14.8 Å². The second-order valence-corrected chi connectivity index (χ2v) is 7.06. The minimum atomic E-state index is -0.973. The van der Waals surface area contributed by atoms with E-state index in [2.05, 4.69) is 5.32 Å². The number of benzene rings is 3. The maximum absolute atomic E-state index is 11.2. The fourth-order valence-corrected chi connectivity index (χ4v) is 3.24. The van der Waals surface area contributed by atoms with Gasteiger partial charge >= 0.3 is 5.97 Å². The molecule has 0 radical (unpaired) electrons. The average molecular weight is 432 g/mol. The predicted octanol–water partition coefficient (Wildman–Crippen LogP) is 5.89. The van der Waals surface area contributed by atoms with Gasteiger partial charge in [-0.05, 0) is 36.4 Å². The Morgan fingerprint density at radius 1 is 1.03 bits per heavy atom. The van der Waals surface area contributed by atoms with Crippen molar-refractivity contribution >= 4 is 34.9 Å². The van der Waals surface area contributed by atoms with Crippen molar-refractivity contribution in [3.63, 3.8) is 0 Å². The summed E-state index contributed by atoms with van der Waals surface area (Å²) in [7, 11) is 1.57. The highest BCUT2D eigenvalue weighted by molar-refractivity contribution is 6.35. The molecular formula is C22H19Cl2NO4. The number of carboxylic acid groups (broad SMARTS) is 1. The molecule has 3 aromatic carbocycles. The first kappa shape index (κ1) is 20.8. The first-order valence-electron chi connectivity index (χ1n) is 8.77. The summed E-state index contributed by atoms with van der Waals surface area (Å²) in [6, 6.07) is 17.5. The molecule has 5 nitrogen and oxygen atoms in total. The summed E-state index contributed by atoms with van der Waals surface area (Å²) >= 11 is 12.2. The van der Waals surface area contributed by atoms with Crippen LogP contribution in [0.4, 0.5) is 5.69 Å². The van der Waals surface area contributed by atoms with Crippen LogP contribution in [0.1, 0.15) is 21.5 Å². The second-order valence-electron chi connectivity index (χ2n) is 6.21. The number of aromatic carboxylic acids is 1. The van der Waals surface area contributed by atoms with Gasteiger partial charge in [-0.15, -0.1) is 0 Å². The molecule has 0 bridgehead atoms. The number of ether oxygens (including phenoxy) is 2. The first-order valence-corrected chi connectivity index (χ1v) is 9.53. The maximum atomic E-state index is 11.2. The number of rotatable bonds is 8. The normalized spacial score (nSPS) is 10.4. The minimum Gasteiger partial charge on any atom is -0.493 e. The molecule has 0 amide bonds. The van der Waals surface area contributed by atoms with Crippen LogP contribution in [0.15, 0.2) is 60.7 Å². The lowest BCUT2D eigenvalue weighted by Crippen LogP contribution is -2.06. The number of halogens is 2. The van der Waals surface area contributed by atoms with E-state index in [-0.39, 0.29) is 12.2 Å². The monoisotopic (exact) mass is 431 g/mol. The van der Waals surface area contributed by atoms with Gasteiger partial charge in [0.25, 0.3) is 0 Å². The van der Waals surface area contributed by atoms with E-state index in [1.807, 2.05) is 24.3 Å². The van der Waals surface area contributed by atoms with E-state index in [0.717, 1.165) is 11.1 Å². The Bertz CT molecular complexity index is 1020. The van der Waals surface area contributed by atoms with Gasteiger partial charge in [-0.3, -0.25) is 0 Å². The van der Waals surface area contributed by atoms with Gasteiger partial charge in [0, 0.05) is 33.4 Å². The molecule has 2 N–H and O–H groups in total. The first-order chi connectivity index (χ1) is 14.0. The van der Waals surface area contributed by atoms with E-state index in [4.69, 9.17) is 37.8 Å². The van der Waals surface area contributed by atoms with Crippen molar-refractivity contribution in [1.82, 2.24) is 0 Å². The lowest BCUT2D eigenvalue weighted by molar-refractivity contribution is 0.0697. The summed E-state index contributed by atoms with van der Waals surface area (Å²) in [5.74, 6) is 0.204. The Morgan fingerprint density at radius 3 is 2.55 bits per heavy atom. The Balaban J connectivity index is 1.78. The summed E-state index contributed by atoms with van der Waals surface area (Å²) in [6.45, 7) is 0.668. The number of para-hydroxylation sites is 1. The van der Waals surface area contributed by atoms with E-state index < -0.39 is 5.97 Å². The van der Waals surface area contributed by atoms with Crippen LogP contribution in [0, 0.1) is 0 Å². The molecule has 0 aromatic heterocycles. The molecule has 0 aliphatic carbocycles. The molecule has 0 spiro atoms. The highest BCUT2D eigenvalue weighted by Gasteiger charge is 2.12. The molecule has 0 aliphatic rings. The molecule has 7 heteroatoms. The fourth-order valence-electron chi connectivity index (χ4n) is 2.77. The molecule has 0 saturated carbocycles. The van der Waals surface area contributed by atoms with E-state index >= 15 is 0 Å². The summed E-state index contributed by atoms with van der Waals surface area (Å²) in [5, 5.41) is 13.4. The number of anilines is 1. The number of carbonyl (C=O) groups is 1.